The highest BCUT2D eigenvalue weighted by Crippen LogP contribution is 2.26. The zero-order chi connectivity index (χ0) is 24.8. The second-order valence-corrected chi connectivity index (χ2v) is 7.93. The van der Waals surface area contributed by atoms with Crippen LogP contribution in [0.3, 0.4) is 0 Å². The summed E-state index contributed by atoms with van der Waals surface area (Å²) in [6.45, 7) is -0.636. The lowest BCUT2D eigenvalue weighted by molar-refractivity contribution is -0.898. The van der Waals surface area contributed by atoms with Gasteiger partial charge in [-0.2, -0.15) is 13.9 Å². The largest absolute Gasteiger partial charge is 0.352 e. The van der Waals surface area contributed by atoms with Crippen molar-refractivity contribution in [3.63, 3.8) is 0 Å². The third-order valence-corrected chi connectivity index (χ3v) is 5.48. The van der Waals surface area contributed by atoms with Crippen LogP contribution in [0.2, 0.25) is 5.02 Å². The number of carbonyl (C=O) groups excluding carboxylic acids is 1. The minimum Gasteiger partial charge on any atom is -0.352 e. The van der Waals surface area contributed by atoms with Crippen molar-refractivity contribution in [1.82, 2.24) is 25.1 Å². The Labute approximate surface area is 204 Å². The van der Waals surface area contributed by atoms with Crippen molar-refractivity contribution in [2.24, 2.45) is 0 Å². The van der Waals surface area contributed by atoms with Crippen molar-refractivity contribution in [3.05, 3.63) is 95.4 Å². The zero-order valence-electron chi connectivity index (χ0n) is 18.3. The van der Waals surface area contributed by atoms with Crippen LogP contribution in [-0.2, 0) is 23.7 Å². The molecule has 0 aliphatic heterocycles. The number of halogens is 3. The Morgan fingerprint density at radius 1 is 1.14 bits per heavy atom. The lowest BCUT2D eigenvalue weighted by atomic mass is 10.1. The van der Waals surface area contributed by atoms with Crippen LogP contribution in [-0.4, -0.2) is 37.4 Å². The first kappa shape index (κ1) is 24.0. The summed E-state index contributed by atoms with van der Waals surface area (Å²) in [6.07, 6.45) is 3.95. The van der Waals surface area contributed by atoms with Crippen molar-refractivity contribution in [2.45, 2.75) is 18.9 Å². The molecule has 180 valence electrons. The van der Waals surface area contributed by atoms with Gasteiger partial charge in [0.1, 0.15) is 18.3 Å². The van der Waals surface area contributed by atoms with Gasteiger partial charge in [-0.1, -0.05) is 35.9 Å². The predicted molar refractivity (Wildman–Crippen MR) is 122 cm³/mol. The fourth-order valence-electron chi connectivity index (χ4n) is 3.35. The normalized spacial score (nSPS) is 11.3. The molecule has 3 N–H and O–H groups in total. The molecule has 4 aromatic rings. The molecule has 0 aliphatic carbocycles. The maximum Gasteiger partial charge on any atom is 0.325 e. The number of amides is 1. The summed E-state index contributed by atoms with van der Waals surface area (Å²) in [4.78, 5) is 20.2. The van der Waals surface area contributed by atoms with Crippen LogP contribution >= 0.6 is 11.6 Å². The number of aromatic nitrogens is 5. The summed E-state index contributed by atoms with van der Waals surface area (Å²) in [6, 6.07) is 14.3. The Bertz CT molecular complexity index is 1300. The average Bonchev–Trinajstić information content (AvgIpc) is 3.40. The quantitative estimate of drug-likeness (QED) is 0.241. The topological polar surface area (TPSA) is 109 Å². The summed E-state index contributed by atoms with van der Waals surface area (Å²) < 4.78 is 31.1. The van der Waals surface area contributed by atoms with Gasteiger partial charge in [0.2, 0.25) is 5.91 Å². The average molecular weight is 501 g/mol. The Balaban J connectivity index is 1.43. The number of para-hydroxylation sites is 1. The number of pyridine rings is 2. The molecule has 0 fully saturated rings. The molecule has 3 heterocycles. The second-order valence-electron chi connectivity index (χ2n) is 7.52. The number of carbonyl (C=O) groups is 1. The van der Waals surface area contributed by atoms with E-state index in [4.69, 9.17) is 11.6 Å². The highest BCUT2D eigenvalue weighted by atomic mass is 35.5. The molecule has 3 aromatic heterocycles. The smallest absolute Gasteiger partial charge is 0.325 e. The fourth-order valence-corrected chi connectivity index (χ4v) is 3.56. The summed E-state index contributed by atoms with van der Waals surface area (Å²) in [7, 11) is 0. The van der Waals surface area contributed by atoms with Gasteiger partial charge in [-0.15, -0.1) is 0 Å². The first-order valence-electron chi connectivity index (χ1n) is 10.5. The van der Waals surface area contributed by atoms with E-state index in [1.54, 1.807) is 17.1 Å². The van der Waals surface area contributed by atoms with Gasteiger partial charge in [-0.3, -0.25) is 15.1 Å². The lowest BCUT2D eigenvalue weighted by Gasteiger charge is -2.14. The molecule has 0 bridgehead atoms. The number of nitrogens with one attached hydrogen (secondary N) is 2. The van der Waals surface area contributed by atoms with Gasteiger partial charge >= 0.3 is 11.7 Å². The van der Waals surface area contributed by atoms with Gasteiger partial charge in [0.25, 0.3) is 0 Å². The molecular weight excluding hydrogens is 480 g/mol. The van der Waals surface area contributed by atoms with Gasteiger partial charge in [-0.25, -0.2) is 9.67 Å². The summed E-state index contributed by atoms with van der Waals surface area (Å²) in [5.74, 6) is -3.77. The van der Waals surface area contributed by atoms with Gasteiger partial charge in [0, 0.05) is 18.8 Å². The van der Waals surface area contributed by atoms with E-state index in [1.165, 1.54) is 36.8 Å². The van der Waals surface area contributed by atoms with Gasteiger partial charge in [0.15, 0.2) is 12.2 Å². The highest BCUT2D eigenvalue weighted by Gasteiger charge is 2.36. The molecular formula is C23H21ClF2N7O2+. The van der Waals surface area contributed by atoms with E-state index in [0.717, 1.165) is 11.3 Å². The first-order valence-corrected chi connectivity index (χ1v) is 10.9. The standard InChI is InChI=1S/C23H20ClF2N7O2/c24-17-8-9-21(30-13-23(25,26)20-7-3-4-10-28-20)33(35)19(17)11-22(34)29-12-16-5-1-2-6-18(16)32-15-27-14-31-32/h1-10,14-15,35H,11-13H2,(H,29,34)/p+1. The number of rotatable bonds is 9. The number of hydrogen-bond donors (Lipinski definition) is 3. The van der Waals surface area contributed by atoms with E-state index >= 15 is 0 Å². The van der Waals surface area contributed by atoms with Crippen LogP contribution in [0.25, 0.3) is 5.69 Å². The number of benzene rings is 1. The minimum atomic E-state index is -3.29. The SMILES string of the molecule is O=C(Cc1c(Cl)ccc(NCC(F)(F)c2ccccn2)[n+]1O)NCc1ccccc1-n1cncn1. The van der Waals surface area contributed by atoms with Gasteiger partial charge < -0.3 is 10.5 Å². The molecule has 12 heteroatoms. The highest BCUT2D eigenvalue weighted by molar-refractivity contribution is 6.31. The van der Waals surface area contributed by atoms with Crippen LogP contribution < -0.4 is 15.4 Å². The van der Waals surface area contributed by atoms with Crippen LogP contribution in [0.5, 0.6) is 0 Å². The summed E-state index contributed by atoms with van der Waals surface area (Å²) in [5, 5.41) is 20.0. The molecule has 4 rings (SSSR count). The molecule has 0 spiro atoms. The van der Waals surface area contributed by atoms with Gasteiger partial charge in [-0.05, 0) is 34.6 Å². The van der Waals surface area contributed by atoms with Crippen LogP contribution in [0.4, 0.5) is 14.6 Å². The third kappa shape index (κ3) is 5.69. The molecule has 0 aliphatic rings. The number of anilines is 1. The second kappa shape index (κ2) is 10.4. The predicted octanol–water partition coefficient (Wildman–Crippen LogP) is 2.90. The molecule has 1 amide bonds. The molecule has 1 aromatic carbocycles. The molecule has 0 radical (unpaired) electrons. The molecule has 0 atom stereocenters. The van der Waals surface area contributed by atoms with Crippen molar-refractivity contribution >= 4 is 23.3 Å². The molecule has 0 saturated carbocycles. The van der Waals surface area contributed by atoms with E-state index in [0.29, 0.717) is 4.73 Å². The number of hydrogen-bond acceptors (Lipinski definition) is 6. The minimum absolute atomic E-state index is 0.0416. The molecule has 0 saturated heterocycles. The Morgan fingerprint density at radius 2 is 1.94 bits per heavy atom. The van der Waals surface area contributed by atoms with Crippen LogP contribution in [0, 0.1) is 0 Å². The van der Waals surface area contributed by atoms with E-state index < -0.39 is 24.1 Å². The van der Waals surface area contributed by atoms with E-state index in [2.05, 4.69) is 25.7 Å². The summed E-state index contributed by atoms with van der Waals surface area (Å²) >= 11 is 6.18. The Hall–Kier alpha value is -4.12. The van der Waals surface area contributed by atoms with Crippen molar-refractivity contribution in [1.29, 1.82) is 0 Å². The van der Waals surface area contributed by atoms with E-state index in [1.807, 2.05) is 24.3 Å². The molecule has 9 nitrogen and oxygen atoms in total. The zero-order valence-corrected chi connectivity index (χ0v) is 19.0. The van der Waals surface area contributed by atoms with E-state index in [9.17, 15) is 18.8 Å². The monoisotopic (exact) mass is 500 g/mol. The third-order valence-electron chi connectivity index (χ3n) is 5.14. The molecule has 35 heavy (non-hydrogen) atoms. The number of nitrogens with zero attached hydrogens (tertiary/aromatic N) is 5. The number of alkyl halides is 2. The van der Waals surface area contributed by atoms with Crippen LogP contribution in [0.1, 0.15) is 17.0 Å². The maximum absolute atomic E-state index is 14.4. The maximum atomic E-state index is 14.4. The first-order chi connectivity index (χ1) is 16.8. The van der Waals surface area contributed by atoms with Crippen LogP contribution in [0.15, 0.2) is 73.4 Å². The Morgan fingerprint density at radius 3 is 2.69 bits per heavy atom. The molecule has 0 unspecified atom stereocenters. The lowest BCUT2D eigenvalue weighted by Crippen LogP contribution is -2.42. The van der Waals surface area contributed by atoms with Crippen molar-refractivity contribution in [2.75, 3.05) is 11.9 Å². The fraction of sp³-hybridized carbons (Fsp3) is 0.174. The van der Waals surface area contributed by atoms with Gasteiger partial charge in [0.05, 0.1) is 17.1 Å². The van der Waals surface area contributed by atoms with Crippen molar-refractivity contribution < 1.29 is 23.5 Å². The van der Waals surface area contributed by atoms with Crippen molar-refractivity contribution in [3.8, 4) is 5.69 Å². The van der Waals surface area contributed by atoms with E-state index in [-0.39, 0.29) is 29.5 Å². The Kier molecular flexibility index (Phi) is 7.16. The summed E-state index contributed by atoms with van der Waals surface area (Å²) in [5.41, 5.74) is 1.18.